The molecular weight excluding hydrogens is 247 g/mol. The van der Waals surface area contributed by atoms with Gasteiger partial charge in [-0.2, -0.15) is 0 Å². The molecule has 0 bridgehead atoms. The Bertz CT molecular complexity index is 436. The van der Waals surface area contributed by atoms with E-state index >= 15 is 0 Å². The molecule has 0 amide bonds. The van der Waals surface area contributed by atoms with Gasteiger partial charge in [0.05, 0.1) is 0 Å². The Hall–Kier alpha value is -1.13. The van der Waals surface area contributed by atoms with Crippen molar-refractivity contribution >= 4 is 23.2 Å². The molecule has 1 aromatic heterocycles. The van der Waals surface area contributed by atoms with Crippen LogP contribution >= 0.6 is 23.2 Å². The van der Waals surface area contributed by atoms with Crippen LogP contribution in [0.25, 0.3) is 0 Å². The smallest absolute Gasteiger partial charge is 0.123 e. The first-order chi connectivity index (χ1) is 7.66. The van der Waals surface area contributed by atoms with E-state index in [1.165, 1.54) is 0 Å². The average molecular weight is 259 g/mol. The zero-order valence-corrected chi connectivity index (χ0v) is 10.3. The van der Waals surface area contributed by atoms with Crippen molar-refractivity contribution in [1.29, 1.82) is 0 Å². The van der Waals surface area contributed by atoms with E-state index in [0.29, 0.717) is 16.9 Å². The van der Waals surface area contributed by atoms with Crippen LogP contribution < -0.4 is 5.43 Å². The maximum absolute atomic E-state index is 6.02. The Morgan fingerprint density at radius 1 is 1.38 bits per heavy atom. The molecule has 0 aromatic carbocycles. The molecule has 1 aliphatic rings. The molecule has 6 heteroatoms. The molecule has 2 heterocycles. The highest BCUT2D eigenvalue weighted by Crippen LogP contribution is 2.16. The minimum atomic E-state index is 0.559. The van der Waals surface area contributed by atoms with Crippen LogP contribution in [0, 0.1) is 0 Å². The molecule has 0 unspecified atom stereocenters. The van der Waals surface area contributed by atoms with Crippen LogP contribution in [0.1, 0.15) is 5.82 Å². The second kappa shape index (κ2) is 4.80. The van der Waals surface area contributed by atoms with Crippen molar-refractivity contribution in [1.82, 2.24) is 20.0 Å². The third-order valence-corrected chi connectivity index (χ3v) is 2.89. The molecule has 0 saturated carbocycles. The van der Waals surface area contributed by atoms with Gasteiger partial charge in [0, 0.05) is 32.4 Å². The van der Waals surface area contributed by atoms with Gasteiger partial charge in [0.25, 0.3) is 0 Å². The predicted molar refractivity (Wildman–Crippen MR) is 64.6 cm³/mol. The predicted octanol–water partition coefficient (Wildman–Crippen LogP) is 1.94. The fourth-order valence-corrected chi connectivity index (χ4v) is 1.82. The largest absolute Gasteiger partial charge is 0.338 e. The molecule has 1 aromatic rings. The van der Waals surface area contributed by atoms with Gasteiger partial charge < -0.3 is 4.57 Å². The molecule has 0 atom stereocenters. The monoisotopic (exact) mass is 258 g/mol. The van der Waals surface area contributed by atoms with Crippen LogP contribution in [0.2, 0.25) is 0 Å². The number of rotatable bonds is 3. The lowest BCUT2D eigenvalue weighted by Gasteiger charge is -2.27. The normalized spacial score (nSPS) is 15.6. The highest BCUT2D eigenvalue weighted by molar-refractivity contribution is 6.31. The summed E-state index contributed by atoms with van der Waals surface area (Å²) >= 11 is 11.9. The average Bonchev–Trinajstić information content (AvgIpc) is 2.66. The fourth-order valence-electron chi connectivity index (χ4n) is 1.46. The summed E-state index contributed by atoms with van der Waals surface area (Å²) in [6.45, 7) is 0.713. The van der Waals surface area contributed by atoms with Gasteiger partial charge in [0.1, 0.15) is 16.1 Å². The Labute approximate surface area is 104 Å². The first kappa shape index (κ1) is 11.4. The lowest BCUT2D eigenvalue weighted by Crippen LogP contribution is -2.37. The summed E-state index contributed by atoms with van der Waals surface area (Å²) in [5, 5.41) is 2.97. The van der Waals surface area contributed by atoms with E-state index in [9.17, 15) is 0 Å². The van der Waals surface area contributed by atoms with Crippen LogP contribution in [0.3, 0.4) is 0 Å². The molecule has 2 rings (SSSR count). The van der Waals surface area contributed by atoms with Crippen molar-refractivity contribution < 1.29 is 0 Å². The molecule has 0 radical (unpaired) electrons. The van der Waals surface area contributed by atoms with Crippen LogP contribution in [-0.4, -0.2) is 21.1 Å². The van der Waals surface area contributed by atoms with Gasteiger partial charge in [-0.05, 0) is 12.2 Å². The van der Waals surface area contributed by atoms with E-state index in [4.69, 9.17) is 23.2 Å². The van der Waals surface area contributed by atoms with Crippen LogP contribution in [0.4, 0.5) is 0 Å². The summed E-state index contributed by atoms with van der Waals surface area (Å²) < 4.78 is 1.99. The van der Waals surface area contributed by atoms with Crippen molar-refractivity contribution in [2.75, 3.05) is 6.54 Å². The van der Waals surface area contributed by atoms with Gasteiger partial charge in [-0.15, -0.1) is 0 Å². The third kappa shape index (κ3) is 2.51. The second-order valence-electron chi connectivity index (χ2n) is 3.47. The number of allylic oxidation sites excluding steroid dienone is 2. The lowest BCUT2D eigenvalue weighted by molar-refractivity contribution is 0.297. The quantitative estimate of drug-likeness (QED) is 0.842. The summed E-state index contributed by atoms with van der Waals surface area (Å²) in [7, 11) is 1.97. The third-order valence-electron chi connectivity index (χ3n) is 2.35. The summed E-state index contributed by atoms with van der Waals surface area (Å²) in [5.41, 5.74) is 2.97. The maximum Gasteiger partial charge on any atom is 0.123 e. The van der Waals surface area contributed by atoms with E-state index in [2.05, 4.69) is 10.4 Å². The fraction of sp³-hybridized carbons (Fsp3) is 0.300. The van der Waals surface area contributed by atoms with Gasteiger partial charge in [-0.3, -0.25) is 10.4 Å². The highest BCUT2D eigenvalue weighted by Gasteiger charge is 2.12. The molecule has 0 spiro atoms. The number of hydrazine groups is 1. The number of nitrogens with zero attached hydrogens (tertiary/aromatic N) is 3. The topological polar surface area (TPSA) is 33.1 Å². The summed E-state index contributed by atoms with van der Waals surface area (Å²) in [4.78, 5) is 4.24. The van der Waals surface area contributed by atoms with Gasteiger partial charge in [0.15, 0.2) is 0 Å². The molecule has 16 heavy (non-hydrogen) atoms. The number of aromatic nitrogens is 2. The minimum Gasteiger partial charge on any atom is -0.338 e. The number of halogens is 2. The SMILES string of the molecule is Cn1ccnc1CCN1NC(Cl)=CC=C1Cl. The van der Waals surface area contributed by atoms with Gasteiger partial charge in [-0.25, -0.2) is 4.98 Å². The van der Waals surface area contributed by atoms with Gasteiger partial charge in [0.2, 0.25) is 0 Å². The van der Waals surface area contributed by atoms with E-state index in [1.807, 2.05) is 17.8 Å². The second-order valence-corrected chi connectivity index (χ2v) is 4.27. The van der Waals surface area contributed by atoms with E-state index in [1.54, 1.807) is 23.4 Å². The molecule has 0 aliphatic carbocycles. The number of hydrogen-bond acceptors (Lipinski definition) is 3. The van der Waals surface area contributed by atoms with Crippen LogP contribution in [0.15, 0.2) is 34.9 Å². The Morgan fingerprint density at radius 3 is 2.88 bits per heavy atom. The number of aryl methyl sites for hydroxylation is 1. The van der Waals surface area contributed by atoms with Gasteiger partial charge >= 0.3 is 0 Å². The van der Waals surface area contributed by atoms with E-state index in [-0.39, 0.29) is 0 Å². The lowest BCUT2D eigenvalue weighted by atomic mass is 10.4. The molecule has 1 aliphatic heterocycles. The number of nitrogens with one attached hydrogen (secondary N) is 1. The highest BCUT2D eigenvalue weighted by atomic mass is 35.5. The zero-order valence-electron chi connectivity index (χ0n) is 8.82. The Kier molecular flexibility index (Phi) is 3.41. The van der Waals surface area contributed by atoms with Crippen LogP contribution in [-0.2, 0) is 13.5 Å². The Balaban J connectivity index is 1.95. The van der Waals surface area contributed by atoms with Crippen LogP contribution in [0.5, 0.6) is 0 Å². The molecule has 1 N–H and O–H groups in total. The standard InChI is InChI=1S/C10H12Cl2N4/c1-15-7-5-13-10(15)4-6-16-9(12)3-2-8(11)14-16/h2-3,5,7,14H,4,6H2,1H3. The van der Waals surface area contributed by atoms with Crippen molar-refractivity contribution in [3.63, 3.8) is 0 Å². The molecule has 86 valence electrons. The maximum atomic E-state index is 6.02. The Morgan fingerprint density at radius 2 is 2.19 bits per heavy atom. The van der Waals surface area contributed by atoms with E-state index in [0.717, 1.165) is 12.2 Å². The summed E-state index contributed by atoms with van der Waals surface area (Å²) in [6.07, 6.45) is 7.98. The van der Waals surface area contributed by atoms with E-state index < -0.39 is 0 Å². The van der Waals surface area contributed by atoms with Gasteiger partial charge in [-0.1, -0.05) is 23.2 Å². The van der Waals surface area contributed by atoms with Crippen molar-refractivity contribution in [2.24, 2.45) is 7.05 Å². The van der Waals surface area contributed by atoms with Crippen molar-refractivity contribution in [2.45, 2.75) is 6.42 Å². The number of imidazole rings is 1. The molecule has 0 saturated heterocycles. The molecule has 0 fully saturated rings. The summed E-state index contributed by atoms with van der Waals surface area (Å²) in [6, 6.07) is 0. The van der Waals surface area contributed by atoms with Crippen molar-refractivity contribution in [3.05, 3.63) is 40.7 Å². The van der Waals surface area contributed by atoms with Crippen molar-refractivity contribution in [3.8, 4) is 0 Å². The summed E-state index contributed by atoms with van der Waals surface area (Å²) in [5.74, 6) is 1.01. The first-order valence-electron chi connectivity index (χ1n) is 4.90. The first-order valence-corrected chi connectivity index (χ1v) is 5.66. The number of hydrogen-bond donors (Lipinski definition) is 1. The molecular formula is C10H12Cl2N4. The zero-order chi connectivity index (χ0) is 11.5. The minimum absolute atomic E-state index is 0.559. The molecule has 4 nitrogen and oxygen atoms in total.